The number of likely N-dealkylation sites (tertiary alicyclic amines) is 1. The minimum Gasteiger partial charge on any atom is -0.486 e. The summed E-state index contributed by atoms with van der Waals surface area (Å²) in [6, 6.07) is 4.64. The second-order valence-electron chi connectivity index (χ2n) is 7.21. The quantitative estimate of drug-likeness (QED) is 0.767. The molecule has 0 radical (unpaired) electrons. The largest absolute Gasteiger partial charge is 0.486 e. The van der Waals surface area contributed by atoms with Crippen molar-refractivity contribution in [1.82, 2.24) is 9.21 Å². The van der Waals surface area contributed by atoms with E-state index < -0.39 is 16.7 Å². The van der Waals surface area contributed by atoms with Crippen LogP contribution in [0.15, 0.2) is 23.1 Å². The highest BCUT2D eigenvalue weighted by Crippen LogP contribution is 2.34. The monoisotopic (exact) mass is 398 g/mol. The van der Waals surface area contributed by atoms with Crippen LogP contribution in [0.25, 0.3) is 0 Å². The summed E-state index contributed by atoms with van der Waals surface area (Å²) in [4.78, 5) is 14.0. The van der Waals surface area contributed by atoms with E-state index in [2.05, 4.69) is 0 Å². The van der Waals surface area contributed by atoms with Gasteiger partial charge in [0.25, 0.3) is 0 Å². The summed E-state index contributed by atoms with van der Waals surface area (Å²) in [7, 11) is -3.64. The molecule has 2 fully saturated rings. The van der Waals surface area contributed by atoms with Gasteiger partial charge in [0.1, 0.15) is 13.2 Å². The van der Waals surface area contributed by atoms with Crippen LogP contribution in [-0.4, -0.2) is 69.1 Å². The summed E-state index contributed by atoms with van der Waals surface area (Å²) >= 11 is 0. The van der Waals surface area contributed by atoms with E-state index in [1.165, 1.54) is 16.4 Å². The van der Waals surface area contributed by atoms with Gasteiger partial charge in [-0.25, -0.2) is 8.42 Å². The first kappa shape index (κ1) is 18.5. The maximum atomic E-state index is 13.0. The van der Waals surface area contributed by atoms with Crippen molar-refractivity contribution in [2.75, 3.05) is 39.5 Å². The fourth-order valence-electron chi connectivity index (χ4n) is 3.99. The molecule has 148 valence electrons. The summed E-state index contributed by atoms with van der Waals surface area (Å²) in [5, 5.41) is 0. The molecule has 0 spiro atoms. The minimum atomic E-state index is -3.64. The van der Waals surface area contributed by atoms with Gasteiger partial charge in [0.15, 0.2) is 11.5 Å². The smallest absolute Gasteiger partial charge is 0.243 e. The molecule has 0 N–H and O–H groups in total. The van der Waals surface area contributed by atoms with Crippen molar-refractivity contribution < 1.29 is 27.1 Å². The van der Waals surface area contributed by atoms with E-state index in [1.54, 1.807) is 11.0 Å². The number of nitrogens with zero attached hydrogens (tertiary/aromatic N) is 2. The van der Waals surface area contributed by atoms with Crippen molar-refractivity contribution in [3.63, 3.8) is 0 Å². The van der Waals surface area contributed by atoms with Crippen molar-refractivity contribution in [1.29, 1.82) is 0 Å². The SMILES string of the molecule is O=C1CC(CF)CN1C1CCN(S(=O)(=O)c2ccc3c(c2)OCCO3)CC1. The lowest BCUT2D eigenvalue weighted by molar-refractivity contribution is -0.130. The van der Waals surface area contributed by atoms with Gasteiger partial charge in [-0.15, -0.1) is 0 Å². The molecule has 2 saturated heterocycles. The summed E-state index contributed by atoms with van der Waals surface area (Å²) in [6.07, 6.45) is 1.38. The molecule has 1 atom stereocenters. The summed E-state index contributed by atoms with van der Waals surface area (Å²) in [6.45, 7) is 1.47. The van der Waals surface area contributed by atoms with E-state index in [0.29, 0.717) is 57.2 Å². The van der Waals surface area contributed by atoms with Crippen LogP contribution in [0.4, 0.5) is 4.39 Å². The third-order valence-corrected chi connectivity index (χ3v) is 7.37. The number of rotatable bonds is 4. The second kappa shape index (κ2) is 7.27. The lowest BCUT2D eigenvalue weighted by Crippen LogP contribution is -2.47. The highest BCUT2D eigenvalue weighted by atomic mass is 32.2. The number of carbonyl (C=O) groups excluding carboxylic acids is 1. The fourth-order valence-corrected chi connectivity index (χ4v) is 5.48. The number of amides is 1. The summed E-state index contributed by atoms with van der Waals surface area (Å²) in [5.41, 5.74) is 0. The highest BCUT2D eigenvalue weighted by Gasteiger charge is 2.38. The average Bonchev–Trinajstić information content (AvgIpc) is 3.08. The summed E-state index contributed by atoms with van der Waals surface area (Å²) < 4.78 is 51.1. The number of alkyl halides is 1. The first-order valence-corrected chi connectivity index (χ1v) is 10.7. The van der Waals surface area contributed by atoms with Crippen LogP contribution in [0.5, 0.6) is 11.5 Å². The van der Waals surface area contributed by atoms with Gasteiger partial charge in [-0.3, -0.25) is 9.18 Å². The molecular formula is C18H23FN2O5S. The Bertz CT molecular complexity index is 823. The van der Waals surface area contributed by atoms with Gasteiger partial charge in [-0.1, -0.05) is 0 Å². The Kier molecular flexibility index (Phi) is 4.98. The number of ether oxygens (including phenoxy) is 2. The van der Waals surface area contributed by atoms with Crippen molar-refractivity contribution in [2.45, 2.75) is 30.2 Å². The standard InChI is InChI=1S/C18H23FN2O5S/c19-11-13-9-18(22)21(12-13)14-3-5-20(6-4-14)27(23,24)15-1-2-16-17(10-15)26-8-7-25-16/h1-2,10,13-14H,3-9,11-12H2. The first-order valence-electron chi connectivity index (χ1n) is 9.24. The number of hydrogen-bond donors (Lipinski definition) is 0. The molecule has 3 aliphatic heterocycles. The normalized spacial score (nSPS) is 24.4. The van der Waals surface area contributed by atoms with Gasteiger partial charge in [-0.05, 0) is 25.0 Å². The third-order valence-electron chi connectivity index (χ3n) is 5.47. The molecule has 9 heteroatoms. The number of benzene rings is 1. The van der Waals surface area contributed by atoms with Crippen molar-refractivity contribution in [3.8, 4) is 11.5 Å². The Labute approximate surface area is 158 Å². The highest BCUT2D eigenvalue weighted by molar-refractivity contribution is 7.89. The Balaban J connectivity index is 1.44. The van der Waals surface area contributed by atoms with Gasteiger partial charge in [-0.2, -0.15) is 4.31 Å². The number of piperidine rings is 1. The molecular weight excluding hydrogens is 375 g/mol. The Morgan fingerprint density at radius 3 is 2.48 bits per heavy atom. The topological polar surface area (TPSA) is 76.2 Å². The molecule has 3 heterocycles. The lowest BCUT2D eigenvalue weighted by atomic mass is 10.1. The maximum absolute atomic E-state index is 13.0. The Morgan fingerprint density at radius 1 is 1.11 bits per heavy atom. The van der Waals surface area contributed by atoms with Crippen LogP contribution in [-0.2, 0) is 14.8 Å². The van der Waals surface area contributed by atoms with E-state index in [4.69, 9.17) is 9.47 Å². The van der Waals surface area contributed by atoms with Crippen LogP contribution in [0.1, 0.15) is 19.3 Å². The zero-order valence-electron chi connectivity index (χ0n) is 15.0. The molecule has 1 unspecified atom stereocenters. The number of halogens is 1. The Hall–Kier alpha value is -1.87. The number of sulfonamides is 1. The van der Waals surface area contributed by atoms with Crippen molar-refractivity contribution in [3.05, 3.63) is 18.2 Å². The molecule has 0 aliphatic carbocycles. The van der Waals surface area contributed by atoms with E-state index in [1.807, 2.05) is 0 Å². The summed E-state index contributed by atoms with van der Waals surface area (Å²) in [5.74, 6) is 0.744. The molecule has 4 rings (SSSR count). The lowest BCUT2D eigenvalue weighted by Gasteiger charge is -2.36. The molecule has 7 nitrogen and oxygen atoms in total. The van der Waals surface area contributed by atoms with Gasteiger partial charge in [0.2, 0.25) is 15.9 Å². The van der Waals surface area contributed by atoms with Crippen LogP contribution >= 0.6 is 0 Å². The average molecular weight is 398 g/mol. The third kappa shape index (κ3) is 3.50. The van der Waals surface area contributed by atoms with Gasteiger partial charge >= 0.3 is 0 Å². The number of fused-ring (bicyclic) bond motifs is 1. The molecule has 1 amide bonds. The molecule has 0 saturated carbocycles. The molecule has 1 aromatic carbocycles. The van der Waals surface area contributed by atoms with E-state index in [9.17, 15) is 17.6 Å². The Morgan fingerprint density at radius 2 is 1.81 bits per heavy atom. The molecule has 27 heavy (non-hydrogen) atoms. The molecule has 0 aromatic heterocycles. The number of carbonyl (C=O) groups is 1. The number of hydrogen-bond acceptors (Lipinski definition) is 5. The van der Waals surface area contributed by atoms with Crippen molar-refractivity contribution in [2.24, 2.45) is 5.92 Å². The fraction of sp³-hybridized carbons (Fsp3) is 0.611. The van der Waals surface area contributed by atoms with E-state index >= 15 is 0 Å². The second-order valence-corrected chi connectivity index (χ2v) is 9.15. The van der Waals surface area contributed by atoms with Gasteiger partial charge in [0.05, 0.1) is 11.6 Å². The predicted octanol–water partition coefficient (Wildman–Crippen LogP) is 1.43. The van der Waals surface area contributed by atoms with E-state index in [-0.39, 0.29) is 29.2 Å². The van der Waals surface area contributed by atoms with Gasteiger partial charge in [0, 0.05) is 44.1 Å². The molecule has 3 aliphatic rings. The molecule has 0 bridgehead atoms. The zero-order valence-corrected chi connectivity index (χ0v) is 15.8. The van der Waals surface area contributed by atoms with E-state index in [0.717, 1.165) is 0 Å². The maximum Gasteiger partial charge on any atom is 0.243 e. The predicted molar refractivity (Wildman–Crippen MR) is 95.0 cm³/mol. The first-order chi connectivity index (χ1) is 13.0. The van der Waals surface area contributed by atoms with Crippen LogP contribution in [0.3, 0.4) is 0 Å². The van der Waals surface area contributed by atoms with Crippen LogP contribution in [0, 0.1) is 5.92 Å². The zero-order chi connectivity index (χ0) is 19.0. The van der Waals surface area contributed by atoms with Crippen molar-refractivity contribution >= 4 is 15.9 Å². The minimum absolute atomic E-state index is 0.0132. The molecule has 1 aromatic rings. The van der Waals surface area contributed by atoms with Crippen LogP contribution in [0.2, 0.25) is 0 Å². The van der Waals surface area contributed by atoms with Gasteiger partial charge < -0.3 is 14.4 Å². The van der Waals surface area contributed by atoms with Crippen LogP contribution < -0.4 is 9.47 Å².